The van der Waals surface area contributed by atoms with Crippen molar-refractivity contribution in [1.82, 2.24) is 0 Å². The van der Waals surface area contributed by atoms with E-state index in [0.29, 0.717) is 23.9 Å². The summed E-state index contributed by atoms with van der Waals surface area (Å²) in [6.07, 6.45) is 0.786. The molecular formula is C39H34ClO5P. The number of rotatable bonds is 12. The lowest BCUT2D eigenvalue weighted by Gasteiger charge is -2.19. The summed E-state index contributed by atoms with van der Waals surface area (Å²) < 4.78 is 35.5. The van der Waals surface area contributed by atoms with Gasteiger partial charge in [0.1, 0.15) is 29.6 Å². The van der Waals surface area contributed by atoms with E-state index < -0.39 is 7.82 Å². The zero-order chi connectivity index (χ0) is 31.9. The zero-order valence-corrected chi connectivity index (χ0v) is 26.8. The summed E-state index contributed by atoms with van der Waals surface area (Å²) in [6.45, 7) is 0.577. The van der Waals surface area contributed by atoms with E-state index in [1.54, 1.807) is 72.8 Å². The van der Waals surface area contributed by atoms with Gasteiger partial charge in [-0.25, -0.2) is 0 Å². The van der Waals surface area contributed by atoms with Crippen molar-refractivity contribution in [3.05, 3.63) is 193 Å². The third-order valence-electron chi connectivity index (χ3n) is 6.60. The Morgan fingerprint density at radius 2 is 0.870 bits per heavy atom. The second kappa shape index (κ2) is 16.9. The normalized spacial score (nSPS) is 11.3. The highest BCUT2D eigenvalue weighted by molar-refractivity contribution is 7.49. The maximum Gasteiger partial charge on any atom is 0.647 e. The monoisotopic (exact) mass is 648 g/mol. The first kappa shape index (κ1) is 32.4. The molecule has 1 atom stereocenters. The lowest BCUT2D eigenvalue weighted by Crippen LogP contribution is -2.07. The van der Waals surface area contributed by atoms with Crippen LogP contribution >= 0.6 is 19.4 Å². The molecule has 0 aromatic heterocycles. The van der Waals surface area contributed by atoms with Crippen LogP contribution in [0.4, 0.5) is 0 Å². The average Bonchev–Trinajstić information content (AvgIpc) is 3.10. The first-order valence-corrected chi connectivity index (χ1v) is 16.7. The molecule has 46 heavy (non-hydrogen) atoms. The fourth-order valence-electron chi connectivity index (χ4n) is 4.38. The van der Waals surface area contributed by atoms with Gasteiger partial charge in [-0.3, -0.25) is 0 Å². The Kier molecular flexibility index (Phi) is 11.9. The van der Waals surface area contributed by atoms with Crippen LogP contribution in [0.15, 0.2) is 176 Å². The number of ether oxygens (including phenoxy) is 1. The van der Waals surface area contributed by atoms with Crippen LogP contribution in [-0.2, 0) is 17.6 Å². The van der Waals surface area contributed by atoms with E-state index in [4.69, 9.17) is 29.9 Å². The van der Waals surface area contributed by atoms with Gasteiger partial charge in [-0.15, -0.1) is 11.6 Å². The topological polar surface area (TPSA) is 54.0 Å². The Hall–Kier alpha value is -4.96. The van der Waals surface area contributed by atoms with Crippen molar-refractivity contribution in [3.63, 3.8) is 0 Å². The van der Waals surface area contributed by atoms with E-state index >= 15 is 0 Å². The smallest absolute Gasteiger partial charge is 0.489 e. The molecule has 5 nitrogen and oxygen atoms in total. The molecule has 0 bridgehead atoms. The van der Waals surface area contributed by atoms with E-state index in [1.807, 2.05) is 66.7 Å². The number of benzene rings is 6. The quantitative estimate of drug-likeness (QED) is 0.0976. The maximum absolute atomic E-state index is 13.1. The number of halogens is 1. The second-order valence-electron chi connectivity index (χ2n) is 10.2. The molecule has 232 valence electrons. The van der Waals surface area contributed by atoms with Gasteiger partial charge < -0.3 is 18.3 Å². The number of hydrogen-bond donors (Lipinski definition) is 0. The summed E-state index contributed by atoms with van der Waals surface area (Å²) in [4.78, 5) is 0. The largest absolute Gasteiger partial charge is 0.647 e. The summed E-state index contributed by atoms with van der Waals surface area (Å²) in [7, 11) is -3.89. The number of phosphoric acid groups is 1. The number of para-hydroxylation sites is 3. The summed E-state index contributed by atoms with van der Waals surface area (Å²) in [5.74, 6) is 2.09. The minimum absolute atomic E-state index is 0.0272. The zero-order valence-electron chi connectivity index (χ0n) is 25.1. The number of hydrogen-bond acceptors (Lipinski definition) is 5. The van der Waals surface area contributed by atoms with Crippen molar-refractivity contribution in [2.75, 3.05) is 0 Å². The SMILES string of the molecule is ClC(Cc1cccc(OCc2ccccc2)c1)c1ccccc1.O=P(Oc1ccccc1)(Oc1ccccc1)Oc1ccccc1. The third-order valence-corrected chi connectivity index (χ3v) is 8.31. The summed E-state index contributed by atoms with van der Waals surface area (Å²) in [5.41, 5.74) is 3.49. The van der Waals surface area contributed by atoms with Crippen LogP contribution in [0.5, 0.6) is 23.0 Å². The van der Waals surface area contributed by atoms with Crippen LogP contribution in [0.2, 0.25) is 0 Å². The first-order chi connectivity index (χ1) is 22.5. The van der Waals surface area contributed by atoms with E-state index in [2.05, 4.69) is 36.4 Å². The molecule has 0 saturated heterocycles. The summed E-state index contributed by atoms with van der Waals surface area (Å²) >= 11 is 6.53. The van der Waals surface area contributed by atoms with Crippen LogP contribution in [0.25, 0.3) is 0 Å². The minimum atomic E-state index is -3.89. The molecule has 0 amide bonds. The first-order valence-electron chi connectivity index (χ1n) is 14.8. The molecular weight excluding hydrogens is 615 g/mol. The molecule has 0 aliphatic rings. The molecule has 0 saturated carbocycles. The van der Waals surface area contributed by atoms with Crippen molar-refractivity contribution in [2.45, 2.75) is 18.4 Å². The molecule has 0 radical (unpaired) electrons. The lowest BCUT2D eigenvalue weighted by molar-refractivity contribution is 0.298. The predicted octanol–water partition coefficient (Wildman–Crippen LogP) is 11.1. The van der Waals surface area contributed by atoms with Gasteiger partial charge in [0.05, 0.1) is 5.38 Å². The Balaban J connectivity index is 0.000000181. The standard InChI is InChI=1S/C21H19ClO.C18H15O4P/c22-21(19-11-5-2-6-12-19)15-18-10-7-13-20(14-18)23-16-17-8-3-1-4-9-17;19-23(20-16-10-4-1-5-11-16,21-17-12-6-2-7-13-17)22-18-14-8-3-9-15-18/h1-14,21H,15-16H2;1-15H. The van der Waals surface area contributed by atoms with Crippen molar-refractivity contribution < 1.29 is 22.9 Å². The highest BCUT2D eigenvalue weighted by atomic mass is 35.5. The van der Waals surface area contributed by atoms with Gasteiger partial charge in [0.25, 0.3) is 0 Å². The van der Waals surface area contributed by atoms with Crippen molar-refractivity contribution >= 4 is 19.4 Å². The fourth-order valence-corrected chi connectivity index (χ4v) is 5.95. The van der Waals surface area contributed by atoms with Crippen molar-refractivity contribution in [1.29, 1.82) is 0 Å². The Morgan fingerprint density at radius 3 is 1.35 bits per heavy atom. The van der Waals surface area contributed by atoms with E-state index in [0.717, 1.165) is 23.3 Å². The molecule has 0 spiro atoms. The molecule has 6 rings (SSSR count). The molecule has 0 N–H and O–H groups in total. The van der Waals surface area contributed by atoms with E-state index in [9.17, 15) is 4.57 Å². The van der Waals surface area contributed by atoms with Crippen molar-refractivity contribution in [2.24, 2.45) is 0 Å². The molecule has 0 fully saturated rings. The van der Waals surface area contributed by atoms with Gasteiger partial charge in [0, 0.05) is 0 Å². The predicted molar refractivity (Wildman–Crippen MR) is 185 cm³/mol. The molecule has 0 aliphatic heterocycles. The maximum atomic E-state index is 13.1. The molecule has 0 aliphatic carbocycles. The highest BCUT2D eigenvalue weighted by Crippen LogP contribution is 2.49. The highest BCUT2D eigenvalue weighted by Gasteiger charge is 2.33. The van der Waals surface area contributed by atoms with Gasteiger partial charge in [0.15, 0.2) is 0 Å². The van der Waals surface area contributed by atoms with Crippen LogP contribution in [-0.4, -0.2) is 0 Å². The van der Waals surface area contributed by atoms with E-state index in [1.165, 1.54) is 5.56 Å². The molecule has 6 aromatic rings. The van der Waals surface area contributed by atoms with Crippen LogP contribution in [0.1, 0.15) is 22.1 Å². The Bertz CT molecular complexity index is 1670. The van der Waals surface area contributed by atoms with Crippen molar-refractivity contribution in [3.8, 4) is 23.0 Å². The van der Waals surface area contributed by atoms with Gasteiger partial charge >= 0.3 is 7.82 Å². The van der Waals surface area contributed by atoms with Gasteiger partial charge in [-0.1, -0.05) is 127 Å². The molecule has 0 heterocycles. The van der Waals surface area contributed by atoms with Crippen LogP contribution < -0.4 is 18.3 Å². The fraction of sp³-hybridized carbons (Fsp3) is 0.0769. The Morgan fingerprint density at radius 1 is 0.478 bits per heavy atom. The number of phosphoric ester groups is 1. The van der Waals surface area contributed by atoms with Gasteiger partial charge in [-0.05, 0) is 71.6 Å². The van der Waals surface area contributed by atoms with E-state index in [-0.39, 0.29) is 5.38 Å². The molecule has 6 aromatic carbocycles. The molecule has 7 heteroatoms. The number of alkyl halides is 1. The average molecular weight is 649 g/mol. The van der Waals surface area contributed by atoms with Gasteiger partial charge in [-0.2, -0.15) is 4.57 Å². The Labute approximate surface area is 275 Å². The summed E-state index contributed by atoms with van der Waals surface area (Å²) in [5, 5.41) is -0.0272. The second-order valence-corrected chi connectivity index (χ2v) is 12.1. The summed E-state index contributed by atoms with van der Waals surface area (Å²) in [6, 6.07) is 54.9. The molecule has 1 unspecified atom stereocenters. The van der Waals surface area contributed by atoms with Gasteiger partial charge in [0.2, 0.25) is 0 Å². The van der Waals surface area contributed by atoms with Crippen LogP contribution in [0.3, 0.4) is 0 Å². The lowest BCUT2D eigenvalue weighted by atomic mass is 10.0. The minimum Gasteiger partial charge on any atom is -0.489 e. The van der Waals surface area contributed by atoms with Crippen LogP contribution in [0, 0.1) is 0 Å². The third kappa shape index (κ3) is 10.6.